The SMILES string of the molecule is C/C=C/CC/C=C/CC/C=C/C(O)C(COC1OC(CO)C(O)C(O)C1O)NC(=O)CCCCCCCCCCCCCCCC/C=C\CCCCCCCCCCCCCCOC(=O)CCCCCCCCCCCCC. The molecule has 0 spiro atoms. The lowest BCUT2D eigenvalue weighted by Gasteiger charge is -2.40. The zero-order valence-electron chi connectivity index (χ0n) is 50.4. The number of hydrogen-bond donors (Lipinski definition) is 6. The maximum atomic E-state index is 13.0. The van der Waals surface area contributed by atoms with Gasteiger partial charge in [-0.3, -0.25) is 9.59 Å². The van der Waals surface area contributed by atoms with Crippen molar-refractivity contribution in [1.82, 2.24) is 5.32 Å². The smallest absolute Gasteiger partial charge is 0.305 e. The molecule has 0 aromatic carbocycles. The molecule has 11 heteroatoms. The molecule has 0 aromatic rings. The summed E-state index contributed by atoms with van der Waals surface area (Å²) in [5.41, 5.74) is 0. The van der Waals surface area contributed by atoms with Crippen LogP contribution >= 0.6 is 0 Å². The topological polar surface area (TPSA) is 175 Å². The molecule has 0 aliphatic carbocycles. The van der Waals surface area contributed by atoms with Gasteiger partial charge in [-0.15, -0.1) is 0 Å². The Bertz CT molecular complexity index is 1430. The van der Waals surface area contributed by atoms with Crippen LogP contribution in [0.5, 0.6) is 0 Å². The quantitative estimate of drug-likeness (QED) is 0.0195. The highest BCUT2D eigenvalue weighted by atomic mass is 16.7. The van der Waals surface area contributed by atoms with Crippen LogP contribution in [-0.4, -0.2) is 100 Å². The van der Waals surface area contributed by atoms with Crippen molar-refractivity contribution in [2.24, 2.45) is 0 Å². The number of hydrogen-bond acceptors (Lipinski definition) is 10. The summed E-state index contributed by atoms with van der Waals surface area (Å²) in [5.74, 6) is -0.190. The van der Waals surface area contributed by atoms with Gasteiger partial charge < -0.3 is 45.1 Å². The maximum Gasteiger partial charge on any atom is 0.305 e. The van der Waals surface area contributed by atoms with Gasteiger partial charge in [-0.2, -0.15) is 0 Å². The minimum absolute atomic E-state index is 0.00777. The molecule has 7 atom stereocenters. The van der Waals surface area contributed by atoms with Crippen molar-refractivity contribution in [2.45, 2.75) is 346 Å². The Morgan fingerprint density at radius 2 is 0.885 bits per heavy atom. The number of unbranched alkanes of at least 4 members (excludes halogenated alkanes) is 38. The summed E-state index contributed by atoms with van der Waals surface area (Å²) in [5, 5.41) is 54.2. The Balaban J connectivity index is 1.94. The fourth-order valence-electron chi connectivity index (χ4n) is 10.3. The molecule has 1 saturated heterocycles. The Kier molecular flexibility index (Phi) is 53.3. The lowest BCUT2D eigenvalue weighted by atomic mass is 9.99. The summed E-state index contributed by atoms with van der Waals surface area (Å²) in [6.45, 7) is 4.10. The number of amides is 1. The van der Waals surface area contributed by atoms with E-state index in [9.17, 15) is 35.1 Å². The molecular weight excluding hydrogens is 979 g/mol. The van der Waals surface area contributed by atoms with Gasteiger partial charge in [-0.05, 0) is 77.6 Å². The Morgan fingerprint density at radius 3 is 1.35 bits per heavy atom. The minimum Gasteiger partial charge on any atom is -0.466 e. The van der Waals surface area contributed by atoms with E-state index in [1.54, 1.807) is 6.08 Å². The van der Waals surface area contributed by atoms with Crippen LogP contribution in [0.4, 0.5) is 0 Å². The van der Waals surface area contributed by atoms with Crippen LogP contribution in [0.2, 0.25) is 0 Å². The number of carbonyl (C=O) groups is 2. The summed E-state index contributed by atoms with van der Waals surface area (Å²) in [6.07, 6.45) is 62.7. The lowest BCUT2D eigenvalue weighted by Crippen LogP contribution is -2.60. The first-order valence-electron chi connectivity index (χ1n) is 32.9. The van der Waals surface area contributed by atoms with E-state index in [1.807, 2.05) is 19.1 Å². The molecule has 0 bridgehead atoms. The molecule has 0 radical (unpaired) electrons. The van der Waals surface area contributed by atoms with Gasteiger partial charge in [0.25, 0.3) is 0 Å². The Labute approximate surface area is 478 Å². The average Bonchev–Trinajstić information content (AvgIpc) is 3.45. The van der Waals surface area contributed by atoms with Gasteiger partial charge in [-0.25, -0.2) is 0 Å². The largest absolute Gasteiger partial charge is 0.466 e. The molecule has 1 fully saturated rings. The van der Waals surface area contributed by atoms with Gasteiger partial charge in [-0.1, -0.05) is 261 Å². The molecule has 11 nitrogen and oxygen atoms in total. The molecule has 0 aromatic heterocycles. The minimum atomic E-state index is -1.58. The normalized spacial score (nSPS) is 18.8. The van der Waals surface area contributed by atoms with Crippen molar-refractivity contribution in [3.63, 3.8) is 0 Å². The summed E-state index contributed by atoms with van der Waals surface area (Å²) in [6, 6.07) is -0.832. The fraction of sp³-hybridized carbons (Fsp3) is 0.851. The number of allylic oxidation sites excluding steroid dienone is 7. The van der Waals surface area contributed by atoms with E-state index in [0.717, 1.165) is 64.2 Å². The second kappa shape index (κ2) is 56.5. The van der Waals surface area contributed by atoms with Crippen LogP contribution in [0.3, 0.4) is 0 Å². The highest BCUT2D eigenvalue weighted by Crippen LogP contribution is 2.23. The Hall–Kier alpha value is -2.38. The molecule has 6 N–H and O–H groups in total. The maximum absolute atomic E-state index is 13.0. The van der Waals surface area contributed by atoms with Crippen molar-refractivity contribution >= 4 is 11.9 Å². The second-order valence-corrected chi connectivity index (χ2v) is 22.8. The third-order valence-electron chi connectivity index (χ3n) is 15.5. The van der Waals surface area contributed by atoms with Gasteiger partial charge in [0.05, 0.1) is 32.0 Å². The fourth-order valence-corrected chi connectivity index (χ4v) is 10.3. The number of rotatable bonds is 57. The van der Waals surface area contributed by atoms with E-state index in [1.165, 1.54) is 212 Å². The van der Waals surface area contributed by atoms with Gasteiger partial charge in [0.1, 0.15) is 24.4 Å². The molecule has 1 rings (SSSR count). The third-order valence-corrected chi connectivity index (χ3v) is 15.5. The second-order valence-electron chi connectivity index (χ2n) is 22.8. The average molecular weight is 1100 g/mol. The van der Waals surface area contributed by atoms with Gasteiger partial charge in [0, 0.05) is 12.8 Å². The highest BCUT2D eigenvalue weighted by Gasteiger charge is 2.44. The number of nitrogens with one attached hydrogen (secondary N) is 1. The molecule has 78 heavy (non-hydrogen) atoms. The molecule has 1 amide bonds. The molecule has 1 heterocycles. The number of carbonyl (C=O) groups excluding carboxylic acids is 2. The van der Waals surface area contributed by atoms with Gasteiger partial charge in [0.15, 0.2) is 6.29 Å². The number of esters is 1. The zero-order chi connectivity index (χ0) is 56.6. The molecule has 0 saturated carbocycles. The molecule has 1 aliphatic heterocycles. The standard InChI is InChI=1S/C67H123NO10/c1-3-5-7-9-11-13-34-39-43-47-51-55-63(72)76-56-52-48-44-40-36-33-31-29-27-25-23-21-19-17-15-14-16-18-20-22-24-26-28-30-32-35-38-42-46-50-54-62(71)68-59(60(70)53-49-45-41-37-12-10-8-6-4-2)58-77-67-66(75)65(74)64(73)61(57-69)78-67/h4,6,12,15,17,37,49,53,59-61,64-67,69-70,73-75H,3,5,7-11,13-14,16,18-36,38-48,50-52,54-58H2,1-2H3,(H,68,71)/b6-4+,17-15-,37-12+,53-49+. The van der Waals surface area contributed by atoms with Crippen molar-refractivity contribution < 1.29 is 49.3 Å². The lowest BCUT2D eigenvalue weighted by molar-refractivity contribution is -0.302. The predicted octanol–water partition coefficient (Wildman–Crippen LogP) is 16.0. The van der Waals surface area contributed by atoms with E-state index in [4.69, 9.17) is 14.2 Å². The molecular formula is C67H123NO10. The predicted molar refractivity (Wildman–Crippen MR) is 324 cm³/mol. The third kappa shape index (κ3) is 45.3. The highest BCUT2D eigenvalue weighted by molar-refractivity contribution is 5.76. The summed E-state index contributed by atoms with van der Waals surface area (Å²) >= 11 is 0. The zero-order valence-corrected chi connectivity index (χ0v) is 50.4. The number of ether oxygens (including phenoxy) is 3. The van der Waals surface area contributed by atoms with Crippen LogP contribution in [0.25, 0.3) is 0 Å². The van der Waals surface area contributed by atoms with Crippen LogP contribution in [-0.2, 0) is 23.8 Å². The monoisotopic (exact) mass is 1100 g/mol. The van der Waals surface area contributed by atoms with E-state index in [2.05, 4.69) is 42.6 Å². The van der Waals surface area contributed by atoms with Crippen molar-refractivity contribution in [3.05, 3.63) is 48.6 Å². The summed E-state index contributed by atoms with van der Waals surface area (Å²) in [7, 11) is 0. The first-order valence-corrected chi connectivity index (χ1v) is 32.9. The Morgan fingerprint density at radius 1 is 0.487 bits per heavy atom. The first-order chi connectivity index (χ1) is 38.2. The van der Waals surface area contributed by atoms with E-state index in [-0.39, 0.29) is 18.5 Å². The number of aliphatic hydroxyl groups excluding tert-OH is 5. The van der Waals surface area contributed by atoms with E-state index in [0.29, 0.717) is 19.4 Å². The van der Waals surface area contributed by atoms with Crippen molar-refractivity contribution in [3.8, 4) is 0 Å². The van der Waals surface area contributed by atoms with Crippen molar-refractivity contribution in [2.75, 3.05) is 19.8 Å². The van der Waals surface area contributed by atoms with E-state index >= 15 is 0 Å². The number of aliphatic hydroxyl groups is 5. The van der Waals surface area contributed by atoms with E-state index < -0.39 is 49.5 Å². The molecule has 456 valence electrons. The van der Waals surface area contributed by atoms with Gasteiger partial charge >= 0.3 is 5.97 Å². The molecule has 1 aliphatic rings. The van der Waals surface area contributed by atoms with Crippen LogP contribution in [0.15, 0.2) is 48.6 Å². The summed E-state index contributed by atoms with van der Waals surface area (Å²) < 4.78 is 16.7. The first kappa shape index (κ1) is 73.6. The van der Waals surface area contributed by atoms with Crippen LogP contribution < -0.4 is 5.32 Å². The molecule has 7 unspecified atom stereocenters. The summed E-state index contributed by atoms with van der Waals surface area (Å²) in [4.78, 5) is 25.0. The van der Waals surface area contributed by atoms with Crippen LogP contribution in [0, 0.1) is 0 Å². The van der Waals surface area contributed by atoms with Crippen LogP contribution in [0.1, 0.15) is 303 Å². The van der Waals surface area contributed by atoms with Crippen molar-refractivity contribution in [1.29, 1.82) is 0 Å². The van der Waals surface area contributed by atoms with Gasteiger partial charge in [0.2, 0.25) is 5.91 Å².